The van der Waals surface area contributed by atoms with Crippen LogP contribution >= 0.6 is 11.3 Å². The molecular weight excluding hydrogens is 272 g/mol. The maximum Gasteiger partial charge on any atom is 0.410 e. The van der Waals surface area contributed by atoms with Gasteiger partial charge in [0, 0.05) is 23.2 Å². The van der Waals surface area contributed by atoms with E-state index < -0.39 is 5.60 Å². The van der Waals surface area contributed by atoms with Crippen molar-refractivity contribution in [1.82, 2.24) is 9.88 Å². The first kappa shape index (κ1) is 15.0. The van der Waals surface area contributed by atoms with Crippen LogP contribution in [0.2, 0.25) is 0 Å². The van der Waals surface area contributed by atoms with Crippen LogP contribution in [0, 0.1) is 0 Å². The first-order valence-electron chi connectivity index (χ1n) is 6.99. The lowest BCUT2D eigenvalue weighted by molar-refractivity contribution is 0.0181. The zero-order valence-corrected chi connectivity index (χ0v) is 13.4. The number of thiazole rings is 1. The Morgan fingerprint density at radius 3 is 2.85 bits per heavy atom. The number of hydrogen-bond acceptors (Lipinski definition) is 4. The van der Waals surface area contributed by atoms with E-state index in [1.54, 1.807) is 17.5 Å². The molecule has 1 aromatic heterocycles. The van der Waals surface area contributed by atoms with Crippen LogP contribution in [-0.2, 0) is 4.74 Å². The van der Waals surface area contributed by atoms with Gasteiger partial charge < -0.3 is 9.64 Å². The molecule has 1 aliphatic rings. The average Bonchev–Trinajstić information content (AvgIpc) is 2.89. The summed E-state index contributed by atoms with van der Waals surface area (Å²) in [6, 6.07) is 0.216. The summed E-state index contributed by atoms with van der Waals surface area (Å²) in [6.45, 7) is 8.37. The quantitative estimate of drug-likeness (QED) is 0.829. The van der Waals surface area contributed by atoms with Gasteiger partial charge in [0.1, 0.15) is 10.6 Å². The van der Waals surface area contributed by atoms with Crippen molar-refractivity contribution in [2.45, 2.75) is 52.2 Å². The average molecular weight is 294 g/mol. The molecule has 1 aromatic rings. The summed E-state index contributed by atoms with van der Waals surface area (Å²) in [5.74, 6) is 0. The molecule has 0 N–H and O–H groups in total. The summed E-state index contributed by atoms with van der Waals surface area (Å²) in [5, 5.41) is 2.95. The second-order valence-corrected chi connectivity index (χ2v) is 6.87. The molecule has 0 bridgehead atoms. The lowest BCUT2D eigenvalue weighted by Crippen LogP contribution is -2.45. The molecule has 0 fully saturated rings. The van der Waals surface area contributed by atoms with Crippen molar-refractivity contribution in [2.24, 2.45) is 0 Å². The third kappa shape index (κ3) is 3.60. The third-order valence-electron chi connectivity index (χ3n) is 3.22. The minimum atomic E-state index is -0.460. The molecule has 0 saturated heterocycles. The van der Waals surface area contributed by atoms with E-state index in [2.05, 4.69) is 18.0 Å². The molecule has 2 rings (SSSR count). The van der Waals surface area contributed by atoms with Gasteiger partial charge in [-0.1, -0.05) is 13.0 Å². The molecule has 0 aliphatic carbocycles. The van der Waals surface area contributed by atoms with E-state index in [4.69, 9.17) is 4.74 Å². The Labute approximate surface area is 124 Å². The fraction of sp³-hybridized carbons (Fsp3) is 0.600. The number of amides is 1. The number of aromatic nitrogens is 1. The summed E-state index contributed by atoms with van der Waals surface area (Å²) < 4.78 is 5.52. The Hall–Kier alpha value is -1.36. The van der Waals surface area contributed by atoms with E-state index in [-0.39, 0.29) is 12.1 Å². The van der Waals surface area contributed by atoms with Gasteiger partial charge in [0.15, 0.2) is 0 Å². The molecule has 20 heavy (non-hydrogen) atoms. The fourth-order valence-electron chi connectivity index (χ4n) is 2.24. The van der Waals surface area contributed by atoms with Crippen LogP contribution in [0.5, 0.6) is 0 Å². The predicted molar refractivity (Wildman–Crippen MR) is 81.7 cm³/mol. The van der Waals surface area contributed by atoms with E-state index >= 15 is 0 Å². The van der Waals surface area contributed by atoms with Crippen LogP contribution in [-0.4, -0.2) is 34.2 Å². The summed E-state index contributed by atoms with van der Waals surface area (Å²) in [7, 11) is 0. The van der Waals surface area contributed by atoms with E-state index in [0.717, 1.165) is 23.4 Å². The lowest BCUT2D eigenvalue weighted by Gasteiger charge is -2.35. The van der Waals surface area contributed by atoms with Crippen LogP contribution in [0.25, 0.3) is 5.57 Å². The minimum absolute atomic E-state index is 0.216. The lowest BCUT2D eigenvalue weighted by atomic mass is 10.0. The molecule has 0 radical (unpaired) electrons. The Kier molecular flexibility index (Phi) is 4.48. The highest BCUT2D eigenvalue weighted by atomic mass is 32.1. The van der Waals surface area contributed by atoms with Crippen molar-refractivity contribution in [3.8, 4) is 0 Å². The standard InChI is InChI=1S/C15H22N2O2S/c1-5-12-7-6-11(13-16-8-9-20-13)10-17(12)14(18)19-15(2,3)4/h6,8-9,12H,5,7,10H2,1-4H3. The maximum absolute atomic E-state index is 12.4. The molecular formula is C15H22N2O2S. The summed E-state index contributed by atoms with van der Waals surface area (Å²) >= 11 is 1.61. The molecule has 1 unspecified atom stereocenters. The fourth-order valence-corrected chi connectivity index (χ4v) is 2.91. The molecule has 110 valence electrons. The van der Waals surface area contributed by atoms with Crippen LogP contribution in [0.3, 0.4) is 0 Å². The smallest absolute Gasteiger partial charge is 0.410 e. The first-order chi connectivity index (χ1) is 9.40. The van der Waals surface area contributed by atoms with Gasteiger partial charge >= 0.3 is 6.09 Å². The van der Waals surface area contributed by atoms with Crippen molar-refractivity contribution in [3.63, 3.8) is 0 Å². The number of carbonyl (C=O) groups excluding carboxylic acids is 1. The van der Waals surface area contributed by atoms with Gasteiger partial charge in [-0.15, -0.1) is 11.3 Å². The number of hydrogen-bond donors (Lipinski definition) is 0. The van der Waals surface area contributed by atoms with Gasteiger partial charge in [0.05, 0.1) is 6.54 Å². The molecule has 1 atom stereocenters. The van der Waals surface area contributed by atoms with Crippen LogP contribution < -0.4 is 0 Å². The normalized spacial score (nSPS) is 19.7. The Bertz CT molecular complexity index is 488. The zero-order valence-electron chi connectivity index (χ0n) is 12.5. The van der Waals surface area contributed by atoms with Gasteiger partial charge in [-0.2, -0.15) is 0 Å². The van der Waals surface area contributed by atoms with Crippen LogP contribution in [0.1, 0.15) is 45.5 Å². The van der Waals surface area contributed by atoms with E-state index in [1.165, 1.54) is 0 Å². The second-order valence-electron chi connectivity index (χ2n) is 5.97. The Balaban J connectivity index is 2.14. The van der Waals surface area contributed by atoms with Crippen molar-refractivity contribution in [3.05, 3.63) is 22.7 Å². The van der Waals surface area contributed by atoms with Crippen molar-refractivity contribution >= 4 is 23.0 Å². The monoisotopic (exact) mass is 294 g/mol. The Morgan fingerprint density at radius 2 is 2.30 bits per heavy atom. The highest BCUT2D eigenvalue weighted by Crippen LogP contribution is 2.28. The molecule has 0 aromatic carbocycles. The Morgan fingerprint density at radius 1 is 1.55 bits per heavy atom. The van der Waals surface area contributed by atoms with Crippen molar-refractivity contribution < 1.29 is 9.53 Å². The highest BCUT2D eigenvalue weighted by molar-refractivity contribution is 7.10. The van der Waals surface area contributed by atoms with E-state index in [9.17, 15) is 4.79 Å². The second kappa shape index (κ2) is 5.95. The summed E-state index contributed by atoms with van der Waals surface area (Å²) in [6.07, 6.45) is 5.57. The number of rotatable bonds is 2. The topological polar surface area (TPSA) is 42.4 Å². The van der Waals surface area contributed by atoms with Gasteiger partial charge in [0.25, 0.3) is 0 Å². The molecule has 4 nitrogen and oxygen atoms in total. The van der Waals surface area contributed by atoms with Gasteiger partial charge in [-0.05, 0) is 33.6 Å². The highest BCUT2D eigenvalue weighted by Gasteiger charge is 2.30. The molecule has 0 spiro atoms. The van der Waals surface area contributed by atoms with Crippen LogP contribution in [0.15, 0.2) is 17.7 Å². The third-order valence-corrected chi connectivity index (χ3v) is 4.07. The molecule has 0 saturated carbocycles. The molecule has 1 amide bonds. The summed E-state index contributed by atoms with van der Waals surface area (Å²) in [4.78, 5) is 18.5. The van der Waals surface area contributed by atoms with Gasteiger partial charge in [0.2, 0.25) is 0 Å². The van der Waals surface area contributed by atoms with Gasteiger partial charge in [-0.25, -0.2) is 9.78 Å². The van der Waals surface area contributed by atoms with Crippen molar-refractivity contribution in [2.75, 3.05) is 6.54 Å². The largest absolute Gasteiger partial charge is 0.444 e. The van der Waals surface area contributed by atoms with Gasteiger partial charge in [-0.3, -0.25) is 0 Å². The van der Waals surface area contributed by atoms with Crippen LogP contribution in [0.4, 0.5) is 4.79 Å². The molecule has 2 heterocycles. The van der Waals surface area contributed by atoms with E-state index in [0.29, 0.717) is 6.54 Å². The predicted octanol–water partition coefficient (Wildman–Crippen LogP) is 3.95. The van der Waals surface area contributed by atoms with Crippen molar-refractivity contribution in [1.29, 1.82) is 0 Å². The maximum atomic E-state index is 12.4. The number of nitrogens with zero attached hydrogens (tertiary/aromatic N) is 2. The number of ether oxygens (including phenoxy) is 1. The molecule has 1 aliphatic heterocycles. The van der Waals surface area contributed by atoms with E-state index in [1.807, 2.05) is 31.1 Å². The number of carbonyl (C=O) groups is 1. The summed E-state index contributed by atoms with van der Waals surface area (Å²) in [5.41, 5.74) is 0.660. The first-order valence-corrected chi connectivity index (χ1v) is 7.87. The molecule has 5 heteroatoms. The SMILES string of the molecule is CCC1CC=C(c2nccs2)CN1C(=O)OC(C)(C)C. The zero-order chi connectivity index (χ0) is 14.8. The minimum Gasteiger partial charge on any atom is -0.444 e.